The molecule has 0 aromatic carbocycles. The van der Waals surface area contributed by atoms with Crippen molar-refractivity contribution in [1.82, 2.24) is 5.32 Å². The Hall–Kier alpha value is 0.140. The fraction of sp³-hybridized carbons (Fsp3) is 0.500. The van der Waals surface area contributed by atoms with Gasteiger partial charge in [-0.1, -0.05) is 0 Å². The molecule has 1 aliphatic rings. The maximum Gasteiger partial charge on any atom is 0.0415 e. The molecule has 0 bridgehead atoms. The molecule has 1 aliphatic heterocycles. The first-order valence-corrected chi connectivity index (χ1v) is 5.51. The minimum Gasteiger partial charge on any atom is -0.309 e. The SMILES string of the molecule is Brc1csc(C2CCCN2)c1. The van der Waals surface area contributed by atoms with Crippen molar-refractivity contribution in [3.05, 3.63) is 20.8 Å². The second-order valence-electron chi connectivity index (χ2n) is 2.82. The lowest BCUT2D eigenvalue weighted by Gasteiger charge is -2.05. The second-order valence-corrected chi connectivity index (χ2v) is 4.67. The van der Waals surface area contributed by atoms with Crippen molar-refractivity contribution in [3.63, 3.8) is 0 Å². The van der Waals surface area contributed by atoms with Crippen LogP contribution in [-0.4, -0.2) is 6.54 Å². The zero-order valence-corrected chi connectivity index (χ0v) is 8.54. The van der Waals surface area contributed by atoms with Crippen molar-refractivity contribution in [3.8, 4) is 0 Å². The molecule has 2 heterocycles. The van der Waals surface area contributed by atoms with Crippen LogP contribution in [0.15, 0.2) is 15.9 Å². The Kier molecular flexibility index (Phi) is 2.30. The van der Waals surface area contributed by atoms with Crippen molar-refractivity contribution in [2.75, 3.05) is 6.54 Å². The van der Waals surface area contributed by atoms with Gasteiger partial charge in [0.2, 0.25) is 0 Å². The van der Waals surface area contributed by atoms with Crippen LogP contribution in [0.25, 0.3) is 0 Å². The highest BCUT2D eigenvalue weighted by atomic mass is 79.9. The summed E-state index contributed by atoms with van der Waals surface area (Å²) in [6.07, 6.45) is 2.62. The lowest BCUT2D eigenvalue weighted by molar-refractivity contribution is 0.659. The van der Waals surface area contributed by atoms with Gasteiger partial charge in [0, 0.05) is 20.8 Å². The molecule has 60 valence electrons. The second kappa shape index (κ2) is 3.25. The predicted octanol–water partition coefficient (Wildman–Crippen LogP) is 2.94. The predicted molar refractivity (Wildman–Crippen MR) is 52.0 cm³/mol. The molecule has 1 fully saturated rings. The van der Waals surface area contributed by atoms with E-state index in [1.807, 2.05) is 11.3 Å². The van der Waals surface area contributed by atoms with Gasteiger partial charge in [0.1, 0.15) is 0 Å². The van der Waals surface area contributed by atoms with E-state index in [-0.39, 0.29) is 0 Å². The van der Waals surface area contributed by atoms with Gasteiger partial charge >= 0.3 is 0 Å². The molecule has 0 radical (unpaired) electrons. The number of rotatable bonds is 1. The average molecular weight is 232 g/mol. The smallest absolute Gasteiger partial charge is 0.0415 e. The molecule has 1 atom stereocenters. The van der Waals surface area contributed by atoms with Gasteiger partial charge in [-0.3, -0.25) is 0 Å². The van der Waals surface area contributed by atoms with Crippen molar-refractivity contribution < 1.29 is 0 Å². The van der Waals surface area contributed by atoms with Crippen molar-refractivity contribution in [1.29, 1.82) is 0 Å². The zero-order chi connectivity index (χ0) is 7.68. The van der Waals surface area contributed by atoms with E-state index in [2.05, 4.69) is 32.7 Å². The van der Waals surface area contributed by atoms with Crippen LogP contribution in [0.5, 0.6) is 0 Å². The summed E-state index contributed by atoms with van der Waals surface area (Å²) in [5, 5.41) is 5.62. The van der Waals surface area contributed by atoms with Gasteiger partial charge < -0.3 is 5.32 Å². The van der Waals surface area contributed by atoms with Gasteiger partial charge in [0.25, 0.3) is 0 Å². The van der Waals surface area contributed by atoms with Crippen molar-refractivity contribution in [2.45, 2.75) is 18.9 Å². The van der Waals surface area contributed by atoms with Crippen LogP contribution in [0.3, 0.4) is 0 Å². The summed E-state index contributed by atoms with van der Waals surface area (Å²) in [6.45, 7) is 1.18. The van der Waals surface area contributed by atoms with E-state index in [1.165, 1.54) is 28.7 Å². The average Bonchev–Trinajstić information content (AvgIpc) is 2.55. The Morgan fingerprint density at radius 3 is 3.09 bits per heavy atom. The third-order valence-electron chi connectivity index (χ3n) is 1.99. The first-order chi connectivity index (χ1) is 5.36. The van der Waals surface area contributed by atoms with Crippen LogP contribution in [-0.2, 0) is 0 Å². The quantitative estimate of drug-likeness (QED) is 0.784. The van der Waals surface area contributed by atoms with E-state index in [9.17, 15) is 0 Å². The molecule has 1 aromatic rings. The molecule has 11 heavy (non-hydrogen) atoms. The number of thiophene rings is 1. The first-order valence-electron chi connectivity index (χ1n) is 3.83. The fourth-order valence-electron chi connectivity index (χ4n) is 1.44. The molecule has 1 nitrogen and oxygen atoms in total. The summed E-state index contributed by atoms with van der Waals surface area (Å²) < 4.78 is 1.21. The summed E-state index contributed by atoms with van der Waals surface area (Å²) >= 11 is 5.30. The van der Waals surface area contributed by atoms with Gasteiger partial charge in [-0.2, -0.15) is 0 Å². The fourth-order valence-corrected chi connectivity index (χ4v) is 2.99. The lowest BCUT2D eigenvalue weighted by atomic mass is 10.2. The molecular weight excluding hydrogens is 222 g/mol. The minimum absolute atomic E-state index is 0.631. The summed E-state index contributed by atoms with van der Waals surface area (Å²) in [5.41, 5.74) is 0. The van der Waals surface area contributed by atoms with E-state index in [1.54, 1.807) is 0 Å². The molecule has 1 unspecified atom stereocenters. The highest BCUT2D eigenvalue weighted by Crippen LogP contribution is 2.30. The Balaban J connectivity index is 2.15. The maximum atomic E-state index is 3.48. The van der Waals surface area contributed by atoms with Crippen LogP contribution >= 0.6 is 27.3 Å². The lowest BCUT2D eigenvalue weighted by Crippen LogP contribution is -2.11. The molecule has 1 aromatic heterocycles. The molecule has 1 saturated heterocycles. The van der Waals surface area contributed by atoms with Crippen LogP contribution in [0, 0.1) is 0 Å². The summed E-state index contributed by atoms with van der Waals surface area (Å²) in [4.78, 5) is 1.47. The molecule has 1 N–H and O–H groups in total. The standard InChI is InChI=1S/C8H10BrNS/c9-6-4-8(11-5-6)7-2-1-3-10-7/h4-5,7,10H,1-3H2. The van der Waals surface area contributed by atoms with Gasteiger partial charge in [-0.15, -0.1) is 11.3 Å². The molecule has 0 spiro atoms. The van der Waals surface area contributed by atoms with E-state index < -0.39 is 0 Å². The molecule has 0 saturated carbocycles. The van der Waals surface area contributed by atoms with Crippen molar-refractivity contribution in [2.24, 2.45) is 0 Å². The Bertz CT molecular complexity index is 240. The molecule has 2 rings (SSSR count). The topological polar surface area (TPSA) is 12.0 Å². The first kappa shape index (κ1) is 7.77. The Morgan fingerprint density at radius 1 is 1.64 bits per heavy atom. The Morgan fingerprint density at radius 2 is 2.55 bits per heavy atom. The Labute approximate surface area is 78.9 Å². The highest BCUT2D eigenvalue weighted by Gasteiger charge is 2.16. The van der Waals surface area contributed by atoms with Crippen LogP contribution in [0.2, 0.25) is 0 Å². The van der Waals surface area contributed by atoms with E-state index >= 15 is 0 Å². The molecular formula is C8H10BrNS. The van der Waals surface area contributed by atoms with Gasteiger partial charge in [0.05, 0.1) is 0 Å². The number of nitrogens with one attached hydrogen (secondary N) is 1. The molecule has 0 amide bonds. The van der Waals surface area contributed by atoms with E-state index in [0.717, 1.165) is 0 Å². The number of hydrogen-bond acceptors (Lipinski definition) is 2. The van der Waals surface area contributed by atoms with Gasteiger partial charge in [0.15, 0.2) is 0 Å². The number of halogens is 1. The number of hydrogen-bond donors (Lipinski definition) is 1. The van der Waals surface area contributed by atoms with Crippen LogP contribution in [0.4, 0.5) is 0 Å². The normalized spacial score (nSPS) is 24.3. The highest BCUT2D eigenvalue weighted by molar-refractivity contribution is 9.10. The van der Waals surface area contributed by atoms with Gasteiger partial charge in [-0.25, -0.2) is 0 Å². The largest absolute Gasteiger partial charge is 0.309 e. The summed E-state index contributed by atoms with van der Waals surface area (Å²) in [7, 11) is 0. The van der Waals surface area contributed by atoms with Gasteiger partial charge in [-0.05, 0) is 41.4 Å². The van der Waals surface area contributed by atoms with E-state index in [4.69, 9.17) is 0 Å². The molecule has 3 heteroatoms. The van der Waals surface area contributed by atoms with Crippen LogP contribution in [0.1, 0.15) is 23.8 Å². The third kappa shape index (κ3) is 1.66. The zero-order valence-electron chi connectivity index (χ0n) is 6.14. The summed E-state index contributed by atoms with van der Waals surface area (Å²) in [6, 6.07) is 2.85. The van der Waals surface area contributed by atoms with Crippen molar-refractivity contribution >= 4 is 27.3 Å². The minimum atomic E-state index is 0.631. The maximum absolute atomic E-state index is 3.48. The van der Waals surface area contributed by atoms with Crippen LogP contribution < -0.4 is 5.32 Å². The third-order valence-corrected chi connectivity index (χ3v) is 3.80. The monoisotopic (exact) mass is 231 g/mol. The van der Waals surface area contributed by atoms with E-state index in [0.29, 0.717) is 6.04 Å². The summed E-state index contributed by atoms with van der Waals surface area (Å²) in [5.74, 6) is 0. The molecule has 0 aliphatic carbocycles.